The van der Waals surface area contributed by atoms with Crippen molar-refractivity contribution in [1.82, 2.24) is 10.2 Å². The Hall–Kier alpha value is -3.19. The van der Waals surface area contributed by atoms with Crippen LogP contribution in [-0.4, -0.2) is 35.4 Å². The Kier molecular flexibility index (Phi) is 10.7. The number of carbonyl (C=O) groups is 2. The minimum Gasteiger partial charge on any atom is -0.483 e. The van der Waals surface area contributed by atoms with Gasteiger partial charge in [0.05, 0.1) is 4.47 Å². The third-order valence-electron chi connectivity index (χ3n) is 6.72. The van der Waals surface area contributed by atoms with Gasteiger partial charge in [0, 0.05) is 24.6 Å². The predicted molar refractivity (Wildman–Crippen MR) is 157 cm³/mol. The first-order valence-corrected chi connectivity index (χ1v) is 14.1. The number of hydrogen-bond acceptors (Lipinski definition) is 3. The number of ether oxygens (including phenoxy) is 1. The maximum Gasteiger partial charge on any atom is 0.261 e. The lowest BCUT2D eigenvalue weighted by Gasteiger charge is -2.32. The van der Waals surface area contributed by atoms with E-state index >= 15 is 0 Å². The first kappa shape index (κ1) is 30.4. The summed E-state index contributed by atoms with van der Waals surface area (Å²) in [6.07, 6.45) is 1.03. The summed E-state index contributed by atoms with van der Waals surface area (Å²) in [4.78, 5) is 28.7. The number of rotatable bonds is 11. The van der Waals surface area contributed by atoms with Gasteiger partial charge in [0.1, 0.15) is 17.6 Å². The minimum atomic E-state index is -0.858. The molecule has 208 valence electrons. The normalized spacial score (nSPS) is 12.9. The van der Waals surface area contributed by atoms with Crippen LogP contribution in [0.3, 0.4) is 0 Å². The van der Waals surface area contributed by atoms with E-state index in [1.54, 1.807) is 18.2 Å². The highest BCUT2D eigenvalue weighted by Crippen LogP contribution is 2.31. The summed E-state index contributed by atoms with van der Waals surface area (Å²) in [5.41, 5.74) is 2.31. The zero-order chi connectivity index (χ0) is 28.6. The van der Waals surface area contributed by atoms with Gasteiger partial charge in [0.2, 0.25) is 5.91 Å². The molecule has 0 radical (unpaired) electrons. The predicted octanol–water partition coefficient (Wildman–Crippen LogP) is 6.82. The van der Waals surface area contributed by atoms with Crippen molar-refractivity contribution in [3.63, 3.8) is 0 Å². The number of nitrogens with zero attached hydrogens (tertiary/aromatic N) is 1. The zero-order valence-electron chi connectivity index (χ0n) is 23.3. The van der Waals surface area contributed by atoms with E-state index in [1.165, 1.54) is 11.0 Å². The lowest BCUT2D eigenvalue weighted by atomic mass is 9.87. The van der Waals surface area contributed by atoms with E-state index in [4.69, 9.17) is 4.74 Å². The molecule has 0 bridgehead atoms. The van der Waals surface area contributed by atoms with E-state index in [1.807, 2.05) is 62.4 Å². The lowest BCUT2D eigenvalue weighted by Crippen LogP contribution is -2.53. The van der Waals surface area contributed by atoms with Gasteiger partial charge in [0.25, 0.3) is 5.91 Å². The molecular weight excluding hydrogens is 559 g/mol. The average molecular weight is 598 g/mol. The molecule has 0 aliphatic rings. The molecule has 3 aromatic rings. The average Bonchev–Trinajstić information content (AvgIpc) is 2.90. The molecular formula is C32H38BrFN2O3. The van der Waals surface area contributed by atoms with E-state index in [0.29, 0.717) is 11.3 Å². The van der Waals surface area contributed by atoms with E-state index in [9.17, 15) is 14.0 Å². The van der Waals surface area contributed by atoms with Crippen molar-refractivity contribution in [3.05, 3.63) is 99.8 Å². The van der Waals surface area contributed by atoms with Crippen LogP contribution in [0.15, 0.2) is 77.3 Å². The fourth-order valence-electron chi connectivity index (χ4n) is 4.11. The molecule has 2 unspecified atom stereocenters. The van der Waals surface area contributed by atoms with Gasteiger partial charge < -0.3 is 15.0 Å². The molecule has 0 spiro atoms. The van der Waals surface area contributed by atoms with Crippen LogP contribution >= 0.6 is 15.9 Å². The SMILES string of the molecule is CCC(C)NC(=O)C(Cc1ccccc1)N(Cc1ccccc1F)C(=O)COc1ccc(C(C)(C)C)cc1Br. The summed E-state index contributed by atoms with van der Waals surface area (Å²) in [5, 5.41) is 3.01. The molecule has 0 saturated carbocycles. The first-order chi connectivity index (χ1) is 18.5. The summed E-state index contributed by atoms with van der Waals surface area (Å²) < 4.78 is 21.4. The summed E-state index contributed by atoms with van der Waals surface area (Å²) >= 11 is 3.56. The van der Waals surface area contributed by atoms with Crippen molar-refractivity contribution in [1.29, 1.82) is 0 Å². The molecule has 0 saturated heterocycles. The second kappa shape index (κ2) is 13.7. The van der Waals surface area contributed by atoms with Crippen LogP contribution < -0.4 is 10.1 Å². The van der Waals surface area contributed by atoms with Crippen LogP contribution in [0.4, 0.5) is 4.39 Å². The van der Waals surface area contributed by atoms with Crippen molar-refractivity contribution < 1.29 is 18.7 Å². The molecule has 7 heteroatoms. The van der Waals surface area contributed by atoms with Gasteiger partial charge in [-0.2, -0.15) is 0 Å². The highest BCUT2D eigenvalue weighted by molar-refractivity contribution is 9.10. The number of amides is 2. The molecule has 0 aliphatic heterocycles. The smallest absolute Gasteiger partial charge is 0.261 e. The molecule has 0 fully saturated rings. The second-order valence-corrected chi connectivity index (χ2v) is 11.7. The van der Waals surface area contributed by atoms with E-state index in [2.05, 4.69) is 42.0 Å². The zero-order valence-corrected chi connectivity index (χ0v) is 24.9. The number of halogens is 2. The number of benzene rings is 3. The van der Waals surface area contributed by atoms with Gasteiger partial charge in [-0.15, -0.1) is 0 Å². The highest BCUT2D eigenvalue weighted by Gasteiger charge is 2.32. The van der Waals surface area contributed by atoms with Gasteiger partial charge in [-0.25, -0.2) is 4.39 Å². The third-order valence-corrected chi connectivity index (χ3v) is 7.34. The van der Waals surface area contributed by atoms with Gasteiger partial charge in [-0.05, 0) is 64.0 Å². The lowest BCUT2D eigenvalue weighted by molar-refractivity contribution is -0.143. The maximum atomic E-state index is 14.7. The van der Waals surface area contributed by atoms with Crippen LogP contribution in [0.5, 0.6) is 5.75 Å². The van der Waals surface area contributed by atoms with Crippen molar-refractivity contribution in [3.8, 4) is 5.75 Å². The molecule has 5 nitrogen and oxygen atoms in total. The number of nitrogens with one attached hydrogen (secondary N) is 1. The first-order valence-electron chi connectivity index (χ1n) is 13.3. The van der Waals surface area contributed by atoms with Crippen molar-refractivity contribution in [2.45, 2.75) is 71.5 Å². The van der Waals surface area contributed by atoms with Crippen molar-refractivity contribution in [2.24, 2.45) is 0 Å². The largest absolute Gasteiger partial charge is 0.483 e. The Morgan fingerprint density at radius 2 is 1.69 bits per heavy atom. The highest BCUT2D eigenvalue weighted by atomic mass is 79.9. The summed E-state index contributed by atoms with van der Waals surface area (Å²) in [6, 6.07) is 20.7. The fourth-order valence-corrected chi connectivity index (χ4v) is 4.61. The quantitative estimate of drug-likeness (QED) is 0.264. The van der Waals surface area contributed by atoms with E-state index < -0.39 is 17.8 Å². The second-order valence-electron chi connectivity index (χ2n) is 10.8. The topological polar surface area (TPSA) is 58.6 Å². The van der Waals surface area contributed by atoms with Crippen LogP contribution in [0.1, 0.15) is 57.7 Å². The Balaban J connectivity index is 1.93. The maximum absolute atomic E-state index is 14.7. The fraction of sp³-hybridized carbons (Fsp3) is 0.375. The Labute approximate surface area is 239 Å². The molecule has 0 aromatic heterocycles. The summed E-state index contributed by atoms with van der Waals surface area (Å²) in [7, 11) is 0. The number of hydrogen-bond donors (Lipinski definition) is 1. The summed E-state index contributed by atoms with van der Waals surface area (Å²) in [5.74, 6) is -0.609. The minimum absolute atomic E-state index is 0.0406. The summed E-state index contributed by atoms with van der Waals surface area (Å²) in [6.45, 7) is 9.90. The molecule has 3 rings (SSSR count). The molecule has 2 amide bonds. The Morgan fingerprint density at radius 1 is 1.03 bits per heavy atom. The molecule has 1 N–H and O–H groups in total. The third kappa shape index (κ3) is 8.65. The van der Waals surface area contributed by atoms with Crippen LogP contribution in [-0.2, 0) is 28.0 Å². The molecule has 39 heavy (non-hydrogen) atoms. The van der Waals surface area contributed by atoms with Crippen LogP contribution in [0.2, 0.25) is 0 Å². The molecule has 0 heterocycles. The number of carbonyl (C=O) groups excluding carboxylic acids is 2. The van der Waals surface area contributed by atoms with E-state index in [-0.39, 0.29) is 36.9 Å². The molecule has 0 aliphatic carbocycles. The van der Waals surface area contributed by atoms with E-state index in [0.717, 1.165) is 22.0 Å². The molecule has 3 aromatic carbocycles. The molecule has 2 atom stereocenters. The van der Waals surface area contributed by atoms with Gasteiger partial charge in [0.15, 0.2) is 6.61 Å². The Bertz CT molecular complexity index is 1260. The van der Waals surface area contributed by atoms with Crippen molar-refractivity contribution in [2.75, 3.05) is 6.61 Å². The Morgan fingerprint density at radius 3 is 2.31 bits per heavy atom. The monoisotopic (exact) mass is 596 g/mol. The van der Waals surface area contributed by atoms with Gasteiger partial charge in [-0.1, -0.05) is 82.3 Å². The van der Waals surface area contributed by atoms with Crippen molar-refractivity contribution >= 4 is 27.7 Å². The van der Waals surface area contributed by atoms with Crippen LogP contribution in [0.25, 0.3) is 0 Å². The van der Waals surface area contributed by atoms with Gasteiger partial charge >= 0.3 is 0 Å². The standard InChI is InChI=1S/C32H38BrFN2O3/c1-6-22(2)35-31(38)28(18-23-12-8-7-9-13-23)36(20-24-14-10-11-15-27(24)34)30(37)21-39-29-17-16-25(19-26(29)33)32(3,4)5/h7-17,19,22,28H,6,18,20-21H2,1-5H3,(H,35,38). The van der Waals surface area contributed by atoms with Crippen LogP contribution in [0, 0.1) is 5.82 Å². The van der Waals surface area contributed by atoms with Gasteiger partial charge in [-0.3, -0.25) is 9.59 Å².